The lowest BCUT2D eigenvalue weighted by Gasteiger charge is -2.39. The van der Waals surface area contributed by atoms with Crippen LogP contribution in [0.2, 0.25) is 5.02 Å². The molecule has 2 atom stereocenters. The third-order valence-electron chi connectivity index (χ3n) is 5.92. The van der Waals surface area contributed by atoms with Crippen molar-refractivity contribution in [3.05, 3.63) is 106 Å². The Bertz CT molecular complexity index is 1030. The second kappa shape index (κ2) is 10.1. The molecule has 1 saturated heterocycles. The summed E-state index contributed by atoms with van der Waals surface area (Å²) < 4.78 is 13.9. The molecular weight excluding hydrogens is 411 g/mol. The van der Waals surface area contributed by atoms with Gasteiger partial charge in [0.15, 0.2) is 0 Å². The second-order valence-corrected chi connectivity index (χ2v) is 8.51. The summed E-state index contributed by atoms with van der Waals surface area (Å²) in [5.74, 6) is -0.449. The van der Waals surface area contributed by atoms with Crippen molar-refractivity contribution >= 4 is 17.5 Å². The van der Waals surface area contributed by atoms with Gasteiger partial charge in [0.2, 0.25) is 5.91 Å². The molecule has 0 spiro atoms. The van der Waals surface area contributed by atoms with E-state index in [1.165, 1.54) is 11.6 Å². The fourth-order valence-corrected chi connectivity index (χ4v) is 4.54. The largest absolute Gasteiger partial charge is 0.352 e. The van der Waals surface area contributed by atoms with Gasteiger partial charge in [-0.25, -0.2) is 4.39 Å². The molecule has 4 rings (SSSR count). The molecule has 1 fully saturated rings. The summed E-state index contributed by atoms with van der Waals surface area (Å²) >= 11 is 6.19. The van der Waals surface area contributed by atoms with Crippen LogP contribution in [0.1, 0.15) is 35.6 Å². The lowest BCUT2D eigenvalue weighted by atomic mass is 9.88. The Hall–Kier alpha value is -2.69. The Morgan fingerprint density at radius 3 is 2.55 bits per heavy atom. The third-order valence-corrected chi connectivity index (χ3v) is 6.16. The van der Waals surface area contributed by atoms with E-state index in [2.05, 4.69) is 40.5 Å². The summed E-state index contributed by atoms with van der Waals surface area (Å²) in [7, 11) is 0. The number of rotatable bonds is 6. The highest BCUT2D eigenvalue weighted by molar-refractivity contribution is 6.30. The van der Waals surface area contributed by atoms with Crippen LogP contribution in [0.3, 0.4) is 0 Å². The maximum atomic E-state index is 13.9. The van der Waals surface area contributed by atoms with Gasteiger partial charge in [-0.1, -0.05) is 72.3 Å². The average Bonchev–Trinajstić information content (AvgIpc) is 2.79. The average molecular weight is 437 g/mol. The van der Waals surface area contributed by atoms with Crippen LogP contribution in [0.25, 0.3) is 0 Å². The van der Waals surface area contributed by atoms with Crippen LogP contribution in [-0.4, -0.2) is 17.4 Å². The molecule has 0 bridgehead atoms. The monoisotopic (exact) mass is 436 g/mol. The van der Waals surface area contributed by atoms with Crippen LogP contribution in [0.5, 0.6) is 0 Å². The highest BCUT2D eigenvalue weighted by Crippen LogP contribution is 2.35. The molecule has 0 radical (unpaired) electrons. The minimum absolute atomic E-state index is 0.0224. The topological polar surface area (TPSA) is 32.3 Å². The molecule has 3 aromatic carbocycles. The summed E-state index contributed by atoms with van der Waals surface area (Å²) in [5.41, 5.74) is 2.89. The molecule has 1 aliphatic rings. The zero-order chi connectivity index (χ0) is 21.6. The quantitative estimate of drug-likeness (QED) is 0.533. The minimum Gasteiger partial charge on any atom is -0.352 e. The molecule has 1 N–H and O–H groups in total. The van der Waals surface area contributed by atoms with E-state index in [1.807, 2.05) is 24.3 Å². The molecule has 0 saturated carbocycles. The van der Waals surface area contributed by atoms with Gasteiger partial charge in [-0.05, 0) is 42.2 Å². The maximum Gasteiger partial charge on any atom is 0.224 e. The summed E-state index contributed by atoms with van der Waals surface area (Å²) in [6.07, 6.45) is 1.69. The van der Waals surface area contributed by atoms with Crippen LogP contribution >= 0.6 is 11.6 Å². The highest BCUT2D eigenvalue weighted by Gasteiger charge is 2.32. The van der Waals surface area contributed by atoms with E-state index in [9.17, 15) is 9.18 Å². The van der Waals surface area contributed by atoms with Gasteiger partial charge in [0, 0.05) is 36.3 Å². The van der Waals surface area contributed by atoms with E-state index >= 15 is 0 Å². The third kappa shape index (κ3) is 5.52. The van der Waals surface area contributed by atoms with Crippen molar-refractivity contribution in [1.29, 1.82) is 0 Å². The van der Waals surface area contributed by atoms with Crippen molar-refractivity contribution in [1.82, 2.24) is 10.2 Å². The summed E-state index contributed by atoms with van der Waals surface area (Å²) in [6.45, 7) is 1.57. The number of nitrogens with zero attached hydrogens (tertiary/aromatic N) is 1. The van der Waals surface area contributed by atoms with E-state index < -0.39 is 0 Å². The van der Waals surface area contributed by atoms with Gasteiger partial charge < -0.3 is 5.32 Å². The number of nitrogens with one attached hydrogen (secondary N) is 1. The first-order chi connectivity index (χ1) is 15.1. The van der Waals surface area contributed by atoms with Crippen molar-refractivity contribution in [2.75, 3.05) is 6.54 Å². The van der Waals surface area contributed by atoms with Gasteiger partial charge in [0.05, 0.1) is 5.92 Å². The first kappa shape index (κ1) is 21.5. The molecule has 5 heteroatoms. The van der Waals surface area contributed by atoms with Crippen molar-refractivity contribution in [2.45, 2.75) is 32.0 Å². The smallest absolute Gasteiger partial charge is 0.224 e. The number of carbonyl (C=O) groups is 1. The van der Waals surface area contributed by atoms with Crippen LogP contribution < -0.4 is 5.32 Å². The van der Waals surface area contributed by atoms with Gasteiger partial charge in [-0.2, -0.15) is 0 Å². The number of piperidine rings is 1. The number of likely N-dealkylation sites (tertiary alicyclic amines) is 1. The van der Waals surface area contributed by atoms with E-state index in [0.717, 1.165) is 24.9 Å². The van der Waals surface area contributed by atoms with Gasteiger partial charge >= 0.3 is 0 Å². The number of hydrogen-bond donors (Lipinski definition) is 1. The van der Waals surface area contributed by atoms with Gasteiger partial charge in [-0.15, -0.1) is 0 Å². The van der Waals surface area contributed by atoms with Crippen molar-refractivity contribution in [3.8, 4) is 0 Å². The maximum absolute atomic E-state index is 13.9. The zero-order valence-corrected chi connectivity index (χ0v) is 18.1. The minimum atomic E-state index is -0.293. The number of benzene rings is 3. The van der Waals surface area contributed by atoms with Crippen molar-refractivity contribution in [2.24, 2.45) is 5.92 Å². The number of halogens is 2. The Morgan fingerprint density at radius 2 is 1.77 bits per heavy atom. The van der Waals surface area contributed by atoms with Gasteiger partial charge in [-0.3, -0.25) is 9.69 Å². The fraction of sp³-hybridized carbons (Fsp3) is 0.269. The molecule has 3 nitrogen and oxygen atoms in total. The van der Waals surface area contributed by atoms with E-state index in [1.54, 1.807) is 18.2 Å². The number of carbonyl (C=O) groups excluding carboxylic acids is 1. The Morgan fingerprint density at radius 1 is 1.00 bits per heavy atom. The molecule has 1 heterocycles. The Balaban J connectivity index is 1.47. The standard InChI is InChI=1S/C26H26ClFN2O/c27-23-11-6-7-19(15-23)17-30-18-22(13-14-25(30)20-8-2-1-3-9-20)26(31)29-16-21-10-4-5-12-24(21)28/h1-12,15,22,25H,13-14,16-18H2,(H,29,31). The second-order valence-electron chi connectivity index (χ2n) is 8.07. The molecule has 0 aromatic heterocycles. The van der Waals surface area contributed by atoms with Crippen LogP contribution in [0.4, 0.5) is 4.39 Å². The SMILES string of the molecule is O=C(NCc1ccccc1F)C1CCC(c2ccccc2)N(Cc2cccc(Cl)c2)C1. The molecule has 160 valence electrons. The predicted octanol–water partition coefficient (Wildman–Crippen LogP) is 5.75. The first-order valence-electron chi connectivity index (χ1n) is 10.6. The Kier molecular flexibility index (Phi) is 7.00. The predicted molar refractivity (Wildman–Crippen MR) is 122 cm³/mol. The van der Waals surface area contributed by atoms with Crippen LogP contribution in [-0.2, 0) is 17.9 Å². The van der Waals surface area contributed by atoms with Crippen molar-refractivity contribution in [3.63, 3.8) is 0 Å². The molecule has 0 aliphatic carbocycles. The Labute approximate surface area is 187 Å². The van der Waals surface area contributed by atoms with Gasteiger partial charge in [0.1, 0.15) is 5.82 Å². The van der Waals surface area contributed by atoms with Crippen LogP contribution in [0.15, 0.2) is 78.9 Å². The van der Waals surface area contributed by atoms with Crippen LogP contribution in [0, 0.1) is 11.7 Å². The number of amides is 1. The lowest BCUT2D eigenvalue weighted by Crippen LogP contribution is -2.44. The molecular formula is C26H26ClFN2O. The van der Waals surface area contributed by atoms with Crippen molar-refractivity contribution < 1.29 is 9.18 Å². The number of hydrogen-bond acceptors (Lipinski definition) is 2. The fourth-order valence-electron chi connectivity index (χ4n) is 4.32. The van der Waals surface area contributed by atoms with Gasteiger partial charge in [0.25, 0.3) is 0 Å². The summed E-state index contributed by atoms with van der Waals surface area (Å²) in [4.78, 5) is 15.3. The molecule has 1 aliphatic heterocycles. The summed E-state index contributed by atoms with van der Waals surface area (Å²) in [6, 6.07) is 25.1. The van der Waals surface area contributed by atoms with E-state index in [0.29, 0.717) is 17.1 Å². The molecule has 2 unspecified atom stereocenters. The first-order valence-corrected chi connectivity index (χ1v) is 11.0. The molecule has 31 heavy (non-hydrogen) atoms. The zero-order valence-electron chi connectivity index (χ0n) is 17.3. The normalized spacial score (nSPS) is 19.2. The summed E-state index contributed by atoms with van der Waals surface area (Å²) in [5, 5.41) is 3.64. The molecule has 1 amide bonds. The lowest BCUT2D eigenvalue weighted by molar-refractivity contribution is -0.127. The van der Waals surface area contributed by atoms with E-state index in [4.69, 9.17) is 11.6 Å². The van der Waals surface area contributed by atoms with E-state index in [-0.39, 0.29) is 30.2 Å². The highest BCUT2D eigenvalue weighted by atomic mass is 35.5. The molecule has 3 aromatic rings.